The van der Waals surface area contributed by atoms with Crippen LogP contribution in [0.1, 0.15) is 28.8 Å². The van der Waals surface area contributed by atoms with Crippen molar-refractivity contribution >= 4 is 45.3 Å². The van der Waals surface area contributed by atoms with E-state index in [-0.39, 0.29) is 5.91 Å². The van der Waals surface area contributed by atoms with Gasteiger partial charge in [-0.25, -0.2) is 9.97 Å². The van der Waals surface area contributed by atoms with Gasteiger partial charge in [-0.2, -0.15) is 0 Å². The summed E-state index contributed by atoms with van der Waals surface area (Å²) in [6.07, 6.45) is 4.30. The van der Waals surface area contributed by atoms with E-state index in [0.29, 0.717) is 22.9 Å². The number of pyridine rings is 1. The summed E-state index contributed by atoms with van der Waals surface area (Å²) in [6, 6.07) is 13.1. The fourth-order valence-electron chi connectivity index (χ4n) is 3.41. The zero-order valence-corrected chi connectivity index (χ0v) is 16.0. The largest absolute Gasteiger partial charge is 0.382 e. The summed E-state index contributed by atoms with van der Waals surface area (Å²) >= 11 is 6.06. The number of nitrogen functional groups attached to an aromatic ring is 1. The molecule has 4 aromatic rings. The number of H-pyrrole nitrogens is 1. The molecule has 6 nitrogen and oxygen atoms in total. The lowest BCUT2D eigenvalue weighted by Gasteiger charge is -2.09. The number of nitrogens with two attached hydrogens (primary N) is 1. The van der Waals surface area contributed by atoms with Gasteiger partial charge in [0, 0.05) is 11.9 Å². The van der Waals surface area contributed by atoms with E-state index in [9.17, 15) is 4.79 Å². The number of fused-ring (bicyclic) bond motifs is 3. The van der Waals surface area contributed by atoms with Crippen LogP contribution in [0.15, 0.2) is 48.8 Å². The van der Waals surface area contributed by atoms with Gasteiger partial charge < -0.3 is 16.0 Å². The van der Waals surface area contributed by atoms with Gasteiger partial charge in [-0.15, -0.1) is 0 Å². The first kappa shape index (κ1) is 18.3. The Morgan fingerprint density at radius 2 is 2.00 bits per heavy atom. The number of benzene rings is 2. The standard InChI is InChI=1S/C21H20ClN5O/c22-15-9-2-1-8-14(15)21(28)24-11-4-3-6-13-7-5-10-16-17(13)18-19(20(23)27-16)26-12-25-18/h1-2,5,7-10,12H,3-4,6,11H2,(H2,23,27)(H,24,28)(H,25,26). The average molecular weight is 394 g/mol. The molecule has 2 aromatic carbocycles. The van der Waals surface area contributed by atoms with Gasteiger partial charge >= 0.3 is 0 Å². The first-order valence-electron chi connectivity index (χ1n) is 9.18. The number of nitrogens with one attached hydrogen (secondary N) is 2. The number of carbonyl (C=O) groups excluding carboxylic acids is 1. The van der Waals surface area contributed by atoms with Crippen molar-refractivity contribution < 1.29 is 4.79 Å². The molecule has 4 rings (SSSR count). The van der Waals surface area contributed by atoms with Gasteiger partial charge in [0.1, 0.15) is 16.9 Å². The number of amides is 1. The van der Waals surface area contributed by atoms with E-state index in [2.05, 4.69) is 26.3 Å². The smallest absolute Gasteiger partial charge is 0.252 e. The molecule has 0 radical (unpaired) electrons. The van der Waals surface area contributed by atoms with Gasteiger partial charge in [-0.05, 0) is 43.0 Å². The van der Waals surface area contributed by atoms with Gasteiger partial charge in [0.05, 0.1) is 22.4 Å². The summed E-state index contributed by atoms with van der Waals surface area (Å²) in [5, 5.41) is 4.43. The minimum Gasteiger partial charge on any atom is -0.382 e. The highest BCUT2D eigenvalue weighted by Crippen LogP contribution is 2.28. The van der Waals surface area contributed by atoms with Crippen molar-refractivity contribution in [1.82, 2.24) is 20.3 Å². The Hall–Kier alpha value is -3.12. The Balaban J connectivity index is 1.41. The first-order chi connectivity index (χ1) is 13.6. The number of aryl methyl sites for hydroxylation is 1. The van der Waals surface area contributed by atoms with Crippen LogP contribution in [0.25, 0.3) is 21.9 Å². The molecule has 0 aliphatic heterocycles. The molecule has 0 unspecified atom stereocenters. The average Bonchev–Trinajstić information content (AvgIpc) is 3.18. The quantitative estimate of drug-likeness (QED) is 0.429. The molecule has 0 aliphatic carbocycles. The van der Waals surface area contributed by atoms with Gasteiger partial charge in [-0.3, -0.25) is 4.79 Å². The summed E-state index contributed by atoms with van der Waals surface area (Å²) in [4.78, 5) is 24.2. The molecular formula is C21H20ClN5O. The summed E-state index contributed by atoms with van der Waals surface area (Å²) in [7, 11) is 0. The summed E-state index contributed by atoms with van der Waals surface area (Å²) < 4.78 is 0. The third kappa shape index (κ3) is 3.51. The number of rotatable bonds is 6. The fraction of sp³-hybridized carbons (Fsp3) is 0.190. The van der Waals surface area contributed by atoms with Crippen LogP contribution in [-0.2, 0) is 6.42 Å². The van der Waals surface area contributed by atoms with Gasteiger partial charge in [0.2, 0.25) is 0 Å². The Labute approximate surface area is 167 Å². The number of aromatic amines is 1. The van der Waals surface area contributed by atoms with E-state index in [4.69, 9.17) is 17.3 Å². The van der Waals surface area contributed by atoms with Crippen LogP contribution in [0.2, 0.25) is 5.02 Å². The zero-order chi connectivity index (χ0) is 19.5. The molecule has 142 valence electrons. The Kier molecular flexibility index (Phi) is 5.12. The van der Waals surface area contributed by atoms with E-state index in [1.165, 1.54) is 5.56 Å². The summed E-state index contributed by atoms with van der Waals surface area (Å²) in [5.41, 5.74) is 10.2. The van der Waals surface area contributed by atoms with E-state index in [1.807, 2.05) is 18.2 Å². The van der Waals surface area contributed by atoms with Crippen LogP contribution in [0, 0.1) is 0 Å². The van der Waals surface area contributed by atoms with Crippen LogP contribution in [-0.4, -0.2) is 27.4 Å². The molecule has 28 heavy (non-hydrogen) atoms. The maximum Gasteiger partial charge on any atom is 0.252 e. The highest BCUT2D eigenvalue weighted by Gasteiger charge is 2.12. The minimum atomic E-state index is -0.145. The Bertz CT molecular complexity index is 1150. The molecule has 2 aromatic heterocycles. The second-order valence-electron chi connectivity index (χ2n) is 6.63. The van der Waals surface area contributed by atoms with Crippen molar-refractivity contribution in [2.24, 2.45) is 0 Å². The van der Waals surface area contributed by atoms with Crippen molar-refractivity contribution in [3.63, 3.8) is 0 Å². The fourth-order valence-corrected chi connectivity index (χ4v) is 3.63. The third-order valence-electron chi connectivity index (χ3n) is 4.78. The first-order valence-corrected chi connectivity index (χ1v) is 9.56. The normalized spacial score (nSPS) is 11.2. The van der Waals surface area contributed by atoms with Crippen molar-refractivity contribution in [2.45, 2.75) is 19.3 Å². The summed E-state index contributed by atoms with van der Waals surface area (Å²) in [5.74, 6) is 0.313. The van der Waals surface area contributed by atoms with Gasteiger partial charge in [0.25, 0.3) is 5.91 Å². The number of hydrogen-bond donors (Lipinski definition) is 3. The van der Waals surface area contributed by atoms with Crippen LogP contribution < -0.4 is 11.1 Å². The van der Waals surface area contributed by atoms with Gasteiger partial charge in [0.15, 0.2) is 0 Å². The Morgan fingerprint density at radius 3 is 2.86 bits per heavy atom. The molecule has 0 atom stereocenters. The summed E-state index contributed by atoms with van der Waals surface area (Å²) in [6.45, 7) is 0.595. The minimum absolute atomic E-state index is 0.145. The van der Waals surface area contributed by atoms with E-state index < -0.39 is 0 Å². The highest BCUT2D eigenvalue weighted by molar-refractivity contribution is 6.33. The predicted octanol–water partition coefficient (Wildman–Crippen LogP) is 4.10. The monoisotopic (exact) mass is 393 g/mol. The van der Waals surface area contributed by atoms with Crippen LogP contribution in [0.4, 0.5) is 5.82 Å². The molecule has 0 aliphatic rings. The number of aromatic nitrogens is 3. The number of unbranched alkanes of at least 4 members (excludes halogenated alkanes) is 1. The van der Waals surface area contributed by atoms with E-state index in [1.54, 1.807) is 24.5 Å². The van der Waals surface area contributed by atoms with Crippen molar-refractivity contribution in [1.29, 1.82) is 0 Å². The molecule has 0 saturated carbocycles. The highest BCUT2D eigenvalue weighted by atomic mass is 35.5. The Morgan fingerprint density at radius 1 is 1.14 bits per heavy atom. The lowest BCUT2D eigenvalue weighted by Crippen LogP contribution is -2.24. The number of carbonyl (C=O) groups is 1. The number of hydrogen-bond acceptors (Lipinski definition) is 4. The van der Waals surface area contributed by atoms with Crippen molar-refractivity contribution in [3.05, 3.63) is 64.9 Å². The molecular weight excluding hydrogens is 374 g/mol. The number of imidazole rings is 1. The van der Waals surface area contributed by atoms with Crippen molar-refractivity contribution in [2.75, 3.05) is 12.3 Å². The molecule has 4 N–H and O–H groups in total. The molecule has 0 saturated heterocycles. The maximum absolute atomic E-state index is 12.2. The van der Waals surface area contributed by atoms with E-state index >= 15 is 0 Å². The zero-order valence-electron chi connectivity index (χ0n) is 15.2. The number of anilines is 1. The second-order valence-corrected chi connectivity index (χ2v) is 7.03. The molecule has 0 spiro atoms. The SMILES string of the molecule is Nc1nc2cccc(CCCCNC(=O)c3ccccc3Cl)c2c2nc[nH]c12. The molecule has 0 fully saturated rings. The van der Waals surface area contributed by atoms with Gasteiger partial charge in [-0.1, -0.05) is 35.9 Å². The number of halogens is 1. The van der Waals surface area contributed by atoms with Crippen LogP contribution >= 0.6 is 11.6 Å². The van der Waals surface area contributed by atoms with Crippen LogP contribution in [0.5, 0.6) is 0 Å². The maximum atomic E-state index is 12.2. The lowest BCUT2D eigenvalue weighted by atomic mass is 10.0. The molecule has 7 heteroatoms. The molecule has 1 amide bonds. The third-order valence-corrected chi connectivity index (χ3v) is 5.11. The topological polar surface area (TPSA) is 96.7 Å². The number of nitrogens with zero attached hydrogens (tertiary/aromatic N) is 2. The predicted molar refractivity (Wildman–Crippen MR) is 113 cm³/mol. The van der Waals surface area contributed by atoms with Crippen molar-refractivity contribution in [3.8, 4) is 0 Å². The van der Waals surface area contributed by atoms with Crippen LogP contribution in [0.3, 0.4) is 0 Å². The second kappa shape index (κ2) is 7.86. The lowest BCUT2D eigenvalue weighted by molar-refractivity contribution is 0.0953. The van der Waals surface area contributed by atoms with E-state index in [0.717, 1.165) is 41.2 Å². The molecule has 0 bridgehead atoms. The molecule has 2 heterocycles.